The van der Waals surface area contributed by atoms with Crippen LogP contribution in [0.2, 0.25) is 0 Å². The predicted octanol–water partition coefficient (Wildman–Crippen LogP) is 4.96. The largest absolute Gasteiger partial charge is 0.341 e. The van der Waals surface area contributed by atoms with E-state index < -0.39 is 0 Å². The minimum absolute atomic E-state index is 0.194. The number of aryl methyl sites for hydroxylation is 1. The Bertz CT molecular complexity index is 595. The second kappa shape index (κ2) is 8.01. The van der Waals surface area contributed by atoms with E-state index in [2.05, 4.69) is 53.2 Å². The van der Waals surface area contributed by atoms with Crippen molar-refractivity contribution in [2.75, 3.05) is 12.8 Å². The van der Waals surface area contributed by atoms with Crippen molar-refractivity contribution in [2.45, 2.75) is 24.8 Å². The summed E-state index contributed by atoms with van der Waals surface area (Å²) in [6, 6.07) is 12.5. The molecule has 0 aliphatic carbocycles. The Morgan fingerprint density at radius 2 is 1.95 bits per heavy atom. The van der Waals surface area contributed by atoms with E-state index in [0.717, 1.165) is 9.54 Å². The SMILES string of the molecule is Cc1ccc(SCCC(=O)N(C)Cc2ccc(Br)s2)cc1. The molecule has 0 bridgehead atoms. The molecule has 112 valence electrons. The van der Waals surface area contributed by atoms with Gasteiger partial charge < -0.3 is 4.90 Å². The summed E-state index contributed by atoms with van der Waals surface area (Å²) in [5.41, 5.74) is 1.26. The maximum absolute atomic E-state index is 12.1. The monoisotopic (exact) mass is 383 g/mol. The number of carbonyl (C=O) groups excluding carboxylic acids is 1. The number of amides is 1. The van der Waals surface area contributed by atoms with Gasteiger partial charge >= 0.3 is 0 Å². The van der Waals surface area contributed by atoms with Crippen LogP contribution in [0, 0.1) is 6.92 Å². The van der Waals surface area contributed by atoms with E-state index in [0.29, 0.717) is 13.0 Å². The van der Waals surface area contributed by atoms with Crippen LogP contribution in [-0.4, -0.2) is 23.6 Å². The van der Waals surface area contributed by atoms with Crippen LogP contribution < -0.4 is 0 Å². The third-order valence-electron chi connectivity index (χ3n) is 3.05. The maximum atomic E-state index is 12.1. The second-order valence-corrected chi connectivity index (χ2v) is 8.58. The van der Waals surface area contributed by atoms with Crippen molar-refractivity contribution in [3.8, 4) is 0 Å². The number of halogens is 1. The van der Waals surface area contributed by atoms with Gasteiger partial charge in [0.1, 0.15) is 0 Å². The van der Waals surface area contributed by atoms with Gasteiger partial charge in [0.25, 0.3) is 0 Å². The van der Waals surface area contributed by atoms with E-state index in [9.17, 15) is 4.79 Å². The number of thiophene rings is 1. The fourth-order valence-corrected chi connectivity index (χ4v) is 4.22. The molecule has 2 nitrogen and oxygen atoms in total. The first-order valence-corrected chi connectivity index (χ1v) is 9.32. The highest BCUT2D eigenvalue weighted by atomic mass is 79.9. The van der Waals surface area contributed by atoms with Crippen molar-refractivity contribution in [1.82, 2.24) is 4.90 Å². The molecule has 1 aromatic heterocycles. The molecule has 0 aliphatic heterocycles. The highest BCUT2D eigenvalue weighted by molar-refractivity contribution is 9.11. The van der Waals surface area contributed by atoms with Crippen LogP contribution in [0.5, 0.6) is 0 Å². The molecule has 5 heteroatoms. The number of thioether (sulfide) groups is 1. The van der Waals surface area contributed by atoms with Crippen LogP contribution in [0.3, 0.4) is 0 Å². The molecule has 1 aromatic carbocycles. The van der Waals surface area contributed by atoms with Gasteiger partial charge in [0.2, 0.25) is 5.91 Å². The lowest BCUT2D eigenvalue weighted by Crippen LogP contribution is -2.25. The topological polar surface area (TPSA) is 20.3 Å². The Morgan fingerprint density at radius 1 is 1.24 bits per heavy atom. The molecule has 0 fully saturated rings. The lowest BCUT2D eigenvalue weighted by atomic mass is 10.2. The van der Waals surface area contributed by atoms with Crippen molar-refractivity contribution in [2.24, 2.45) is 0 Å². The fourth-order valence-electron chi connectivity index (χ4n) is 1.84. The Balaban J connectivity index is 1.74. The Labute approximate surface area is 142 Å². The van der Waals surface area contributed by atoms with Crippen LogP contribution in [0.15, 0.2) is 45.1 Å². The summed E-state index contributed by atoms with van der Waals surface area (Å²) in [6.45, 7) is 2.76. The van der Waals surface area contributed by atoms with Crippen LogP contribution >= 0.6 is 39.0 Å². The molecule has 0 radical (unpaired) electrons. The zero-order valence-electron chi connectivity index (χ0n) is 12.1. The molecule has 0 N–H and O–H groups in total. The Morgan fingerprint density at radius 3 is 2.57 bits per heavy atom. The molecule has 2 rings (SSSR count). The van der Waals surface area contributed by atoms with Gasteiger partial charge in [0.15, 0.2) is 0 Å². The minimum atomic E-state index is 0.194. The first-order valence-electron chi connectivity index (χ1n) is 6.72. The maximum Gasteiger partial charge on any atom is 0.223 e. The average molecular weight is 384 g/mol. The van der Waals surface area contributed by atoms with Gasteiger partial charge in [0, 0.05) is 29.0 Å². The van der Waals surface area contributed by atoms with E-state index >= 15 is 0 Å². The van der Waals surface area contributed by atoms with E-state index in [4.69, 9.17) is 0 Å². The van der Waals surface area contributed by atoms with Crippen molar-refractivity contribution in [3.63, 3.8) is 0 Å². The van der Waals surface area contributed by atoms with Crippen LogP contribution in [0.4, 0.5) is 0 Å². The molecule has 1 heterocycles. The summed E-state index contributed by atoms with van der Waals surface area (Å²) < 4.78 is 1.10. The van der Waals surface area contributed by atoms with Gasteiger partial charge in [-0.05, 0) is 47.1 Å². The minimum Gasteiger partial charge on any atom is -0.341 e. The van der Waals surface area contributed by atoms with Gasteiger partial charge in [-0.25, -0.2) is 0 Å². The van der Waals surface area contributed by atoms with Gasteiger partial charge in [-0.15, -0.1) is 23.1 Å². The molecule has 0 aliphatic rings. The Kier molecular flexibility index (Phi) is 6.33. The first-order chi connectivity index (χ1) is 10.0. The van der Waals surface area contributed by atoms with Crippen LogP contribution in [0.25, 0.3) is 0 Å². The smallest absolute Gasteiger partial charge is 0.223 e. The van der Waals surface area contributed by atoms with E-state index in [-0.39, 0.29) is 5.91 Å². The normalized spacial score (nSPS) is 10.6. The van der Waals surface area contributed by atoms with E-state index in [1.807, 2.05) is 13.1 Å². The number of benzene rings is 1. The van der Waals surface area contributed by atoms with Crippen LogP contribution in [0.1, 0.15) is 16.9 Å². The van der Waals surface area contributed by atoms with Gasteiger partial charge in [-0.2, -0.15) is 0 Å². The van der Waals surface area contributed by atoms with Crippen molar-refractivity contribution < 1.29 is 4.79 Å². The third kappa shape index (κ3) is 5.49. The summed E-state index contributed by atoms with van der Waals surface area (Å²) in [5, 5.41) is 0. The summed E-state index contributed by atoms with van der Waals surface area (Å²) >= 11 is 6.85. The molecular weight excluding hydrogens is 366 g/mol. The number of rotatable bonds is 6. The Hall–Kier alpha value is -0.780. The second-order valence-electron chi connectivity index (χ2n) is 4.87. The zero-order valence-corrected chi connectivity index (χ0v) is 15.4. The molecule has 0 atom stereocenters. The summed E-state index contributed by atoms with van der Waals surface area (Å²) in [7, 11) is 1.87. The van der Waals surface area contributed by atoms with E-state index in [1.165, 1.54) is 15.3 Å². The quantitative estimate of drug-likeness (QED) is 0.656. The van der Waals surface area contributed by atoms with Crippen molar-refractivity contribution in [1.29, 1.82) is 0 Å². The molecule has 0 unspecified atom stereocenters. The first kappa shape index (κ1) is 16.6. The molecule has 2 aromatic rings. The summed E-state index contributed by atoms with van der Waals surface area (Å²) in [5.74, 6) is 1.01. The van der Waals surface area contributed by atoms with Crippen molar-refractivity contribution in [3.05, 3.63) is 50.6 Å². The molecule has 0 saturated heterocycles. The average Bonchev–Trinajstić information content (AvgIpc) is 2.86. The summed E-state index contributed by atoms with van der Waals surface area (Å²) in [4.78, 5) is 16.3. The molecule has 0 spiro atoms. The predicted molar refractivity (Wildman–Crippen MR) is 95.0 cm³/mol. The molecule has 21 heavy (non-hydrogen) atoms. The fraction of sp³-hybridized carbons (Fsp3) is 0.312. The third-order valence-corrected chi connectivity index (χ3v) is 5.68. The number of hydrogen-bond acceptors (Lipinski definition) is 3. The number of carbonyl (C=O) groups is 1. The number of hydrogen-bond donors (Lipinski definition) is 0. The van der Waals surface area contributed by atoms with Crippen molar-refractivity contribution >= 4 is 44.9 Å². The van der Waals surface area contributed by atoms with Gasteiger partial charge in [-0.1, -0.05) is 17.7 Å². The lowest BCUT2D eigenvalue weighted by molar-refractivity contribution is -0.129. The van der Waals surface area contributed by atoms with Crippen LogP contribution in [-0.2, 0) is 11.3 Å². The van der Waals surface area contributed by atoms with Gasteiger partial charge in [0.05, 0.1) is 10.3 Å². The summed E-state index contributed by atoms with van der Waals surface area (Å²) in [6.07, 6.45) is 0.571. The number of nitrogens with zero attached hydrogens (tertiary/aromatic N) is 1. The molecular formula is C16H18BrNOS2. The molecule has 1 amide bonds. The molecule has 0 saturated carbocycles. The highest BCUT2D eigenvalue weighted by Gasteiger charge is 2.10. The highest BCUT2D eigenvalue weighted by Crippen LogP contribution is 2.23. The van der Waals surface area contributed by atoms with E-state index in [1.54, 1.807) is 28.0 Å². The standard InChI is InChI=1S/C16H18BrNOS2/c1-12-3-5-13(6-4-12)20-10-9-16(19)18(2)11-14-7-8-15(17)21-14/h3-8H,9-11H2,1-2H3. The lowest BCUT2D eigenvalue weighted by Gasteiger charge is -2.16. The van der Waals surface area contributed by atoms with Gasteiger partial charge in [-0.3, -0.25) is 4.79 Å². The zero-order chi connectivity index (χ0) is 15.2.